The lowest BCUT2D eigenvalue weighted by atomic mass is 9.95. The van der Waals surface area contributed by atoms with E-state index in [1.807, 2.05) is 6.07 Å². The fourth-order valence-electron chi connectivity index (χ4n) is 2.50. The Morgan fingerprint density at radius 2 is 1.95 bits per heavy atom. The summed E-state index contributed by atoms with van der Waals surface area (Å²) in [6.07, 6.45) is -0.523. The average molecular weight is 325 g/mol. The van der Waals surface area contributed by atoms with Crippen molar-refractivity contribution in [3.05, 3.63) is 57.6 Å². The van der Waals surface area contributed by atoms with Crippen molar-refractivity contribution in [1.82, 2.24) is 0 Å². The number of methoxy groups -OCH3 is 1. The lowest BCUT2D eigenvalue weighted by Gasteiger charge is -2.30. The summed E-state index contributed by atoms with van der Waals surface area (Å²) >= 11 is 12.2. The normalized spacial score (nSPS) is 20.6. The first-order valence-electron chi connectivity index (χ1n) is 6.56. The number of rotatable bonds is 2. The quantitative estimate of drug-likeness (QED) is 0.880. The lowest BCUT2D eigenvalue weighted by Crippen LogP contribution is -2.19. The van der Waals surface area contributed by atoms with E-state index in [0.717, 1.165) is 11.1 Å². The van der Waals surface area contributed by atoms with Gasteiger partial charge in [-0.3, -0.25) is 0 Å². The molecule has 1 aliphatic heterocycles. The number of fused-ring (bicyclic) bond motifs is 1. The van der Waals surface area contributed by atoms with Gasteiger partial charge < -0.3 is 14.6 Å². The average Bonchev–Trinajstić information content (AvgIpc) is 2.49. The third kappa shape index (κ3) is 2.82. The Morgan fingerprint density at radius 1 is 1.14 bits per heavy atom. The van der Waals surface area contributed by atoms with E-state index in [1.165, 1.54) is 0 Å². The first-order chi connectivity index (χ1) is 10.1. The number of hydrogen-bond acceptors (Lipinski definition) is 3. The smallest absolute Gasteiger partial charge is 0.129 e. The van der Waals surface area contributed by atoms with Gasteiger partial charge in [0.05, 0.1) is 13.2 Å². The maximum Gasteiger partial charge on any atom is 0.129 e. The highest BCUT2D eigenvalue weighted by molar-refractivity contribution is 6.33. The summed E-state index contributed by atoms with van der Waals surface area (Å²) < 4.78 is 11.2. The van der Waals surface area contributed by atoms with Crippen molar-refractivity contribution in [3.63, 3.8) is 0 Å². The lowest BCUT2D eigenvalue weighted by molar-refractivity contribution is 0.0655. The van der Waals surface area contributed by atoms with Crippen molar-refractivity contribution in [1.29, 1.82) is 0 Å². The third-order valence-electron chi connectivity index (χ3n) is 3.59. The van der Waals surface area contributed by atoms with Gasteiger partial charge in [0.25, 0.3) is 0 Å². The maximum atomic E-state index is 10.3. The van der Waals surface area contributed by atoms with E-state index in [-0.39, 0.29) is 6.10 Å². The molecular weight excluding hydrogens is 311 g/mol. The SMILES string of the molecule is COc1ccc2c(c1)OC(c1cc(Cl)ccc1Cl)CC2O. The molecule has 0 saturated heterocycles. The van der Waals surface area contributed by atoms with Crippen LogP contribution in [0.2, 0.25) is 10.0 Å². The third-order valence-corrected chi connectivity index (χ3v) is 4.17. The topological polar surface area (TPSA) is 38.7 Å². The van der Waals surface area contributed by atoms with E-state index in [0.29, 0.717) is 28.0 Å². The molecule has 2 aromatic rings. The molecule has 5 heteroatoms. The van der Waals surface area contributed by atoms with E-state index >= 15 is 0 Å². The Morgan fingerprint density at radius 3 is 2.71 bits per heavy atom. The molecule has 2 unspecified atom stereocenters. The molecule has 110 valence electrons. The van der Waals surface area contributed by atoms with Crippen LogP contribution in [0.15, 0.2) is 36.4 Å². The van der Waals surface area contributed by atoms with Gasteiger partial charge in [0.15, 0.2) is 0 Å². The molecule has 2 atom stereocenters. The van der Waals surface area contributed by atoms with Gasteiger partial charge >= 0.3 is 0 Å². The van der Waals surface area contributed by atoms with Crippen LogP contribution in [-0.4, -0.2) is 12.2 Å². The minimum atomic E-state index is -0.611. The monoisotopic (exact) mass is 324 g/mol. The van der Waals surface area contributed by atoms with Gasteiger partial charge in [-0.1, -0.05) is 23.2 Å². The Bertz CT molecular complexity index is 673. The van der Waals surface area contributed by atoms with Crippen LogP contribution >= 0.6 is 23.2 Å². The molecule has 3 nitrogen and oxygen atoms in total. The van der Waals surface area contributed by atoms with Crippen molar-refractivity contribution in [2.45, 2.75) is 18.6 Å². The van der Waals surface area contributed by atoms with Crippen molar-refractivity contribution >= 4 is 23.2 Å². The van der Waals surface area contributed by atoms with Gasteiger partial charge in [0.1, 0.15) is 17.6 Å². The summed E-state index contributed by atoms with van der Waals surface area (Å²) in [6, 6.07) is 10.6. The van der Waals surface area contributed by atoms with Crippen LogP contribution in [0.5, 0.6) is 11.5 Å². The van der Waals surface area contributed by atoms with Gasteiger partial charge in [0.2, 0.25) is 0 Å². The van der Waals surface area contributed by atoms with Crippen molar-refractivity contribution in [3.8, 4) is 11.5 Å². The molecule has 0 radical (unpaired) electrons. The minimum Gasteiger partial charge on any atom is -0.497 e. The van der Waals surface area contributed by atoms with Crippen LogP contribution in [0.1, 0.15) is 29.8 Å². The second-order valence-corrected chi connectivity index (χ2v) is 5.77. The van der Waals surface area contributed by atoms with Crippen LogP contribution in [0.25, 0.3) is 0 Å². The molecule has 1 heterocycles. The zero-order valence-electron chi connectivity index (χ0n) is 11.3. The predicted octanol–water partition coefficient (Wildman–Crippen LogP) is 4.56. The van der Waals surface area contributed by atoms with Crippen molar-refractivity contribution in [2.24, 2.45) is 0 Å². The van der Waals surface area contributed by atoms with E-state index in [4.69, 9.17) is 32.7 Å². The molecule has 1 aliphatic rings. The van der Waals surface area contributed by atoms with E-state index < -0.39 is 6.10 Å². The van der Waals surface area contributed by atoms with Gasteiger partial charge in [0, 0.05) is 33.7 Å². The molecule has 0 bridgehead atoms. The van der Waals surface area contributed by atoms with E-state index in [9.17, 15) is 5.11 Å². The Hall–Kier alpha value is -1.42. The summed E-state index contributed by atoms with van der Waals surface area (Å²) in [5.74, 6) is 1.29. The van der Waals surface area contributed by atoms with Gasteiger partial charge in [-0.2, -0.15) is 0 Å². The van der Waals surface area contributed by atoms with Crippen LogP contribution in [0.4, 0.5) is 0 Å². The zero-order valence-corrected chi connectivity index (χ0v) is 12.9. The van der Waals surface area contributed by atoms with Crippen LogP contribution in [-0.2, 0) is 0 Å². The number of aliphatic hydroxyl groups is 1. The largest absolute Gasteiger partial charge is 0.497 e. The molecule has 0 saturated carbocycles. The fraction of sp³-hybridized carbons (Fsp3) is 0.250. The van der Waals surface area contributed by atoms with Gasteiger partial charge in [-0.15, -0.1) is 0 Å². The number of benzene rings is 2. The predicted molar refractivity (Wildman–Crippen MR) is 82.4 cm³/mol. The Labute approximate surface area is 133 Å². The van der Waals surface area contributed by atoms with Crippen LogP contribution in [0.3, 0.4) is 0 Å². The zero-order chi connectivity index (χ0) is 15.0. The molecule has 0 aliphatic carbocycles. The van der Waals surface area contributed by atoms with Gasteiger partial charge in [-0.25, -0.2) is 0 Å². The number of halogens is 2. The Kier molecular flexibility index (Phi) is 3.98. The molecule has 0 spiro atoms. The van der Waals surface area contributed by atoms with Crippen LogP contribution in [0, 0.1) is 0 Å². The summed E-state index contributed by atoms with van der Waals surface area (Å²) in [5.41, 5.74) is 1.53. The molecular formula is C16H14Cl2O3. The number of aliphatic hydroxyl groups excluding tert-OH is 1. The minimum absolute atomic E-state index is 0.342. The highest BCUT2D eigenvalue weighted by Crippen LogP contribution is 2.44. The second kappa shape index (κ2) is 5.76. The molecule has 0 amide bonds. The first-order valence-corrected chi connectivity index (χ1v) is 7.31. The summed E-state index contributed by atoms with van der Waals surface area (Å²) in [5, 5.41) is 11.5. The fourth-order valence-corrected chi connectivity index (χ4v) is 2.92. The molecule has 1 N–H and O–H groups in total. The van der Waals surface area contributed by atoms with E-state index in [2.05, 4.69) is 0 Å². The van der Waals surface area contributed by atoms with E-state index in [1.54, 1.807) is 37.4 Å². The second-order valence-electron chi connectivity index (χ2n) is 4.93. The first kappa shape index (κ1) is 14.5. The molecule has 21 heavy (non-hydrogen) atoms. The highest BCUT2D eigenvalue weighted by Gasteiger charge is 2.29. The maximum absolute atomic E-state index is 10.3. The summed E-state index contributed by atoms with van der Waals surface area (Å²) in [4.78, 5) is 0. The number of hydrogen-bond donors (Lipinski definition) is 1. The van der Waals surface area contributed by atoms with Crippen LogP contribution < -0.4 is 9.47 Å². The van der Waals surface area contributed by atoms with Crippen molar-refractivity contribution < 1.29 is 14.6 Å². The molecule has 2 aromatic carbocycles. The molecule has 0 aromatic heterocycles. The van der Waals surface area contributed by atoms with Gasteiger partial charge in [-0.05, 0) is 30.3 Å². The molecule has 0 fully saturated rings. The summed E-state index contributed by atoms with van der Waals surface area (Å²) in [7, 11) is 1.59. The van der Waals surface area contributed by atoms with Crippen molar-refractivity contribution in [2.75, 3.05) is 7.11 Å². The molecule has 3 rings (SSSR count). The standard InChI is InChI=1S/C16H14Cl2O3/c1-20-10-3-4-11-14(19)8-16(21-15(11)7-10)12-6-9(17)2-5-13(12)18/h2-7,14,16,19H,8H2,1H3. The highest BCUT2D eigenvalue weighted by atomic mass is 35.5. The summed E-state index contributed by atoms with van der Waals surface area (Å²) in [6.45, 7) is 0. The number of ether oxygens (including phenoxy) is 2. The Balaban J connectivity index is 1.98.